The summed E-state index contributed by atoms with van der Waals surface area (Å²) >= 11 is 1.35. The summed E-state index contributed by atoms with van der Waals surface area (Å²) in [5, 5.41) is 3.98. The fourth-order valence-electron chi connectivity index (χ4n) is 1.15. The smallest absolute Gasteiger partial charge is 0.316 e. The zero-order valence-corrected chi connectivity index (χ0v) is 11.1. The average molecular weight is 255 g/mol. The molecule has 94 valence electrons. The van der Waals surface area contributed by atoms with Crippen LogP contribution in [0.3, 0.4) is 0 Å². The lowest BCUT2D eigenvalue weighted by atomic mass is 10.4. The maximum atomic E-state index is 11.0. The van der Waals surface area contributed by atoms with Gasteiger partial charge >= 0.3 is 5.97 Å². The number of aryl methyl sites for hydroxylation is 1. The van der Waals surface area contributed by atoms with Gasteiger partial charge < -0.3 is 10.1 Å². The fraction of sp³-hybridized carbons (Fsp3) is 0.545. The maximum Gasteiger partial charge on any atom is 0.316 e. The Morgan fingerprint density at radius 2 is 2.29 bits per heavy atom. The Balaban J connectivity index is 2.65. The van der Waals surface area contributed by atoms with Crippen molar-refractivity contribution < 1.29 is 9.53 Å². The van der Waals surface area contributed by atoms with E-state index in [2.05, 4.69) is 26.9 Å². The number of esters is 1. The number of rotatable bonds is 6. The first-order chi connectivity index (χ1) is 8.15. The molecule has 0 aliphatic rings. The Hall–Kier alpha value is -1.30. The van der Waals surface area contributed by atoms with Crippen molar-refractivity contribution >= 4 is 23.5 Å². The number of hydrogen-bond donors (Lipinski definition) is 1. The molecule has 0 unspecified atom stereocenters. The van der Waals surface area contributed by atoms with E-state index in [-0.39, 0.29) is 11.7 Å². The summed E-state index contributed by atoms with van der Waals surface area (Å²) in [5.74, 6) is 1.50. The quantitative estimate of drug-likeness (QED) is 0.475. The number of ether oxygens (including phenoxy) is 1. The molecule has 0 aliphatic carbocycles. The molecule has 0 saturated carbocycles. The highest BCUT2D eigenvalue weighted by molar-refractivity contribution is 7.99. The summed E-state index contributed by atoms with van der Waals surface area (Å²) < 4.78 is 4.58. The van der Waals surface area contributed by atoms with Crippen molar-refractivity contribution in [1.82, 2.24) is 9.97 Å². The van der Waals surface area contributed by atoms with Crippen LogP contribution in [-0.4, -0.2) is 35.3 Å². The SMILES string of the molecule is CCCNc1cc(SCC(=O)OC)nc(C)n1. The number of thioether (sulfide) groups is 1. The molecular formula is C11H17N3O2S. The van der Waals surface area contributed by atoms with Crippen LogP contribution in [0.4, 0.5) is 5.82 Å². The molecule has 1 aromatic heterocycles. The molecule has 0 spiro atoms. The molecule has 1 heterocycles. The second kappa shape index (κ2) is 7.11. The highest BCUT2D eigenvalue weighted by Gasteiger charge is 2.06. The van der Waals surface area contributed by atoms with Gasteiger partial charge in [0.15, 0.2) is 0 Å². The lowest BCUT2D eigenvalue weighted by molar-refractivity contribution is -0.137. The molecule has 0 bridgehead atoms. The van der Waals surface area contributed by atoms with Gasteiger partial charge in [-0.15, -0.1) is 0 Å². The molecule has 1 rings (SSSR count). The van der Waals surface area contributed by atoms with Gasteiger partial charge in [0, 0.05) is 12.6 Å². The van der Waals surface area contributed by atoms with Crippen LogP contribution in [0.2, 0.25) is 0 Å². The highest BCUT2D eigenvalue weighted by Crippen LogP contribution is 2.18. The molecule has 0 saturated heterocycles. The minimum atomic E-state index is -0.255. The van der Waals surface area contributed by atoms with E-state index in [0.29, 0.717) is 5.82 Å². The second-order valence-electron chi connectivity index (χ2n) is 3.43. The van der Waals surface area contributed by atoms with Gasteiger partial charge in [-0.3, -0.25) is 4.79 Å². The van der Waals surface area contributed by atoms with Crippen LogP contribution in [0, 0.1) is 6.92 Å². The maximum absolute atomic E-state index is 11.0. The summed E-state index contributed by atoms with van der Waals surface area (Å²) in [5.41, 5.74) is 0. The zero-order chi connectivity index (χ0) is 12.7. The summed E-state index contributed by atoms with van der Waals surface area (Å²) in [7, 11) is 1.38. The Morgan fingerprint density at radius 1 is 1.53 bits per heavy atom. The van der Waals surface area contributed by atoms with E-state index in [9.17, 15) is 4.79 Å². The van der Waals surface area contributed by atoms with E-state index < -0.39 is 0 Å². The molecule has 5 nitrogen and oxygen atoms in total. The molecule has 0 fully saturated rings. The molecule has 0 aromatic carbocycles. The molecule has 17 heavy (non-hydrogen) atoms. The van der Waals surface area contributed by atoms with E-state index in [0.717, 1.165) is 23.8 Å². The first-order valence-electron chi connectivity index (χ1n) is 5.45. The van der Waals surface area contributed by atoms with Gasteiger partial charge in [0.25, 0.3) is 0 Å². The molecular weight excluding hydrogens is 238 g/mol. The normalized spacial score (nSPS) is 10.1. The van der Waals surface area contributed by atoms with Gasteiger partial charge in [0.05, 0.1) is 12.9 Å². The molecule has 0 aliphatic heterocycles. The molecule has 1 N–H and O–H groups in total. The molecule has 0 radical (unpaired) electrons. The van der Waals surface area contributed by atoms with Crippen LogP contribution < -0.4 is 5.32 Å². The number of carbonyl (C=O) groups excluding carboxylic acids is 1. The van der Waals surface area contributed by atoms with Crippen LogP contribution in [0.1, 0.15) is 19.2 Å². The van der Waals surface area contributed by atoms with Crippen molar-refractivity contribution in [2.24, 2.45) is 0 Å². The number of nitrogens with one attached hydrogen (secondary N) is 1. The van der Waals surface area contributed by atoms with Crippen molar-refractivity contribution in [2.75, 3.05) is 24.7 Å². The van der Waals surface area contributed by atoms with Gasteiger partial charge in [-0.25, -0.2) is 9.97 Å². The summed E-state index contributed by atoms with van der Waals surface area (Å²) in [6.07, 6.45) is 1.04. The number of methoxy groups -OCH3 is 1. The van der Waals surface area contributed by atoms with Gasteiger partial charge in [0.2, 0.25) is 0 Å². The van der Waals surface area contributed by atoms with E-state index in [4.69, 9.17) is 0 Å². The fourth-order valence-corrected chi connectivity index (χ4v) is 1.92. The first kappa shape index (κ1) is 13.8. The van der Waals surface area contributed by atoms with Crippen LogP contribution >= 0.6 is 11.8 Å². The van der Waals surface area contributed by atoms with Crippen molar-refractivity contribution in [1.29, 1.82) is 0 Å². The monoisotopic (exact) mass is 255 g/mol. The third-order valence-corrected chi connectivity index (χ3v) is 2.82. The van der Waals surface area contributed by atoms with Gasteiger partial charge in [0.1, 0.15) is 16.7 Å². The predicted molar refractivity (Wildman–Crippen MR) is 68.3 cm³/mol. The Kier molecular flexibility index (Phi) is 5.76. The molecule has 0 atom stereocenters. The lowest BCUT2D eigenvalue weighted by Crippen LogP contribution is -2.06. The van der Waals surface area contributed by atoms with E-state index in [1.165, 1.54) is 18.9 Å². The van der Waals surface area contributed by atoms with Crippen LogP contribution in [-0.2, 0) is 9.53 Å². The van der Waals surface area contributed by atoms with E-state index in [1.54, 1.807) is 0 Å². The topological polar surface area (TPSA) is 64.1 Å². The molecule has 0 amide bonds. The third-order valence-electron chi connectivity index (χ3n) is 1.94. The van der Waals surface area contributed by atoms with Gasteiger partial charge in [-0.2, -0.15) is 0 Å². The van der Waals surface area contributed by atoms with E-state index in [1.807, 2.05) is 13.0 Å². The standard InChI is InChI=1S/C11H17N3O2S/c1-4-5-12-9-6-10(14-8(2)13-9)17-7-11(15)16-3/h6H,4-5,7H2,1-3H3,(H,12,13,14). The van der Waals surface area contributed by atoms with Gasteiger partial charge in [-0.05, 0) is 13.3 Å². The van der Waals surface area contributed by atoms with Crippen molar-refractivity contribution in [3.63, 3.8) is 0 Å². The number of hydrogen-bond acceptors (Lipinski definition) is 6. The zero-order valence-electron chi connectivity index (χ0n) is 10.3. The largest absolute Gasteiger partial charge is 0.468 e. The summed E-state index contributed by atoms with van der Waals surface area (Å²) in [4.78, 5) is 19.5. The van der Waals surface area contributed by atoms with Crippen molar-refractivity contribution in [3.8, 4) is 0 Å². The van der Waals surface area contributed by atoms with Crippen LogP contribution in [0.15, 0.2) is 11.1 Å². The Labute approximate surface area is 105 Å². The Bertz CT molecular complexity index is 385. The lowest BCUT2D eigenvalue weighted by Gasteiger charge is -2.07. The van der Waals surface area contributed by atoms with Crippen molar-refractivity contribution in [3.05, 3.63) is 11.9 Å². The second-order valence-corrected chi connectivity index (χ2v) is 4.43. The number of aromatic nitrogens is 2. The number of nitrogens with zero attached hydrogens (tertiary/aromatic N) is 2. The average Bonchev–Trinajstić information content (AvgIpc) is 2.32. The van der Waals surface area contributed by atoms with Crippen LogP contribution in [0.5, 0.6) is 0 Å². The van der Waals surface area contributed by atoms with Crippen LogP contribution in [0.25, 0.3) is 0 Å². The predicted octanol–water partition coefficient (Wildman–Crippen LogP) is 1.87. The van der Waals surface area contributed by atoms with Gasteiger partial charge in [-0.1, -0.05) is 18.7 Å². The summed E-state index contributed by atoms with van der Waals surface area (Å²) in [6, 6.07) is 1.84. The number of anilines is 1. The molecule has 1 aromatic rings. The molecule has 6 heteroatoms. The van der Waals surface area contributed by atoms with Crippen molar-refractivity contribution in [2.45, 2.75) is 25.3 Å². The Morgan fingerprint density at radius 3 is 2.94 bits per heavy atom. The van der Waals surface area contributed by atoms with E-state index >= 15 is 0 Å². The summed E-state index contributed by atoms with van der Waals surface area (Å²) in [6.45, 7) is 4.80. The minimum absolute atomic E-state index is 0.255. The highest BCUT2D eigenvalue weighted by atomic mass is 32.2. The number of carbonyl (C=O) groups is 1. The third kappa shape index (κ3) is 5.04. The minimum Gasteiger partial charge on any atom is -0.468 e. The first-order valence-corrected chi connectivity index (χ1v) is 6.43.